The molecule has 138 valence electrons. The van der Waals surface area contributed by atoms with Crippen LogP contribution >= 0.6 is 0 Å². The minimum absolute atomic E-state index is 0.167. The summed E-state index contributed by atoms with van der Waals surface area (Å²) in [5.41, 5.74) is 1.37. The van der Waals surface area contributed by atoms with Crippen molar-refractivity contribution >= 4 is 17.6 Å². The van der Waals surface area contributed by atoms with Gasteiger partial charge >= 0.3 is 11.8 Å². The first kappa shape index (κ1) is 17.8. The van der Waals surface area contributed by atoms with Crippen molar-refractivity contribution < 1.29 is 14.3 Å². The summed E-state index contributed by atoms with van der Waals surface area (Å²) in [6.07, 6.45) is 0. The molecule has 2 amide bonds. The molecule has 3 rings (SSSR count). The van der Waals surface area contributed by atoms with Gasteiger partial charge in [0.15, 0.2) is 0 Å². The number of rotatable bonds is 2. The van der Waals surface area contributed by atoms with Crippen molar-refractivity contribution in [2.75, 3.05) is 31.6 Å². The van der Waals surface area contributed by atoms with E-state index in [1.807, 2.05) is 0 Å². The van der Waals surface area contributed by atoms with E-state index < -0.39 is 11.8 Å². The molecule has 26 heavy (non-hydrogen) atoms. The largest absolute Gasteiger partial charge is 0.378 e. The standard InChI is InChI=1S/C16H20N6O4/c1-9-8-12(18-14(24)15(25)21-4-6-26-7-5-21)22(20-9)16-17-11(3)10(2)13(23)19-16/h8H,4-7H2,1-3H3,(H,18,24)(H,17,19,23). The number of anilines is 1. The normalized spacial score (nSPS) is 14.3. The van der Waals surface area contributed by atoms with Gasteiger partial charge in [0.1, 0.15) is 5.82 Å². The van der Waals surface area contributed by atoms with Gasteiger partial charge in [-0.2, -0.15) is 9.78 Å². The molecule has 1 aliphatic heterocycles. The first-order valence-corrected chi connectivity index (χ1v) is 8.19. The van der Waals surface area contributed by atoms with Crippen molar-refractivity contribution in [3.05, 3.63) is 33.4 Å². The van der Waals surface area contributed by atoms with Crippen LogP contribution in [0.1, 0.15) is 17.0 Å². The Hall–Kier alpha value is -3.01. The summed E-state index contributed by atoms with van der Waals surface area (Å²) in [7, 11) is 0. The van der Waals surface area contributed by atoms with Crippen molar-refractivity contribution in [1.29, 1.82) is 0 Å². The number of morpholine rings is 1. The third-order valence-corrected chi connectivity index (χ3v) is 4.15. The van der Waals surface area contributed by atoms with Crippen molar-refractivity contribution in [3.8, 4) is 5.95 Å². The highest BCUT2D eigenvalue weighted by atomic mass is 16.5. The molecule has 0 aliphatic carbocycles. The fraction of sp³-hybridized carbons (Fsp3) is 0.438. The zero-order valence-corrected chi connectivity index (χ0v) is 14.8. The van der Waals surface area contributed by atoms with Crippen molar-refractivity contribution in [3.63, 3.8) is 0 Å². The molecule has 3 heterocycles. The number of hydrogen-bond donors (Lipinski definition) is 2. The van der Waals surface area contributed by atoms with Crippen LogP contribution in [-0.4, -0.2) is 62.8 Å². The van der Waals surface area contributed by atoms with Crippen LogP contribution < -0.4 is 10.9 Å². The van der Waals surface area contributed by atoms with E-state index in [1.165, 1.54) is 9.58 Å². The average molecular weight is 360 g/mol. The van der Waals surface area contributed by atoms with Crippen LogP contribution in [0, 0.1) is 20.8 Å². The summed E-state index contributed by atoms with van der Waals surface area (Å²) in [5.74, 6) is -1.000. The predicted octanol–water partition coefficient (Wildman–Crippen LogP) is -0.322. The van der Waals surface area contributed by atoms with Crippen LogP contribution in [0.15, 0.2) is 10.9 Å². The number of aromatic amines is 1. The lowest BCUT2D eigenvalue weighted by atomic mass is 10.3. The third kappa shape index (κ3) is 3.49. The summed E-state index contributed by atoms with van der Waals surface area (Å²) in [5, 5.41) is 6.79. The molecule has 0 saturated carbocycles. The number of carbonyl (C=O) groups is 2. The second-order valence-corrected chi connectivity index (χ2v) is 6.04. The van der Waals surface area contributed by atoms with Crippen LogP contribution in [0.25, 0.3) is 5.95 Å². The van der Waals surface area contributed by atoms with E-state index in [2.05, 4.69) is 20.4 Å². The minimum Gasteiger partial charge on any atom is -0.378 e. The first-order valence-electron chi connectivity index (χ1n) is 8.19. The summed E-state index contributed by atoms with van der Waals surface area (Å²) >= 11 is 0. The molecule has 0 spiro atoms. The van der Waals surface area contributed by atoms with Crippen molar-refractivity contribution in [2.24, 2.45) is 0 Å². The van der Waals surface area contributed by atoms with E-state index in [4.69, 9.17) is 4.74 Å². The molecule has 0 unspecified atom stereocenters. The molecular weight excluding hydrogens is 340 g/mol. The molecule has 1 saturated heterocycles. The van der Waals surface area contributed by atoms with Gasteiger partial charge in [0, 0.05) is 30.4 Å². The smallest absolute Gasteiger partial charge is 0.315 e. The van der Waals surface area contributed by atoms with Gasteiger partial charge in [-0.25, -0.2) is 4.98 Å². The van der Waals surface area contributed by atoms with Crippen LogP contribution in [0.4, 0.5) is 5.82 Å². The number of H-pyrrole nitrogens is 1. The minimum atomic E-state index is -0.778. The Morgan fingerprint density at radius 3 is 2.58 bits per heavy atom. The fourth-order valence-electron chi connectivity index (χ4n) is 2.56. The molecule has 10 nitrogen and oxygen atoms in total. The van der Waals surface area contributed by atoms with Gasteiger partial charge < -0.3 is 15.0 Å². The second kappa shape index (κ2) is 7.08. The lowest BCUT2D eigenvalue weighted by molar-refractivity contribution is -0.145. The van der Waals surface area contributed by atoms with Gasteiger partial charge in [0.2, 0.25) is 5.95 Å². The maximum atomic E-state index is 12.3. The SMILES string of the molecule is Cc1cc(NC(=O)C(=O)N2CCOCC2)n(-c2nc(C)c(C)c(=O)[nH]2)n1. The number of aromatic nitrogens is 4. The van der Waals surface area contributed by atoms with E-state index >= 15 is 0 Å². The second-order valence-electron chi connectivity index (χ2n) is 6.04. The summed E-state index contributed by atoms with van der Waals surface area (Å²) in [4.78, 5) is 44.9. The van der Waals surface area contributed by atoms with Crippen LogP contribution in [-0.2, 0) is 14.3 Å². The molecule has 10 heteroatoms. The maximum absolute atomic E-state index is 12.3. The van der Waals surface area contributed by atoms with Gasteiger partial charge in [-0.15, -0.1) is 0 Å². The number of amides is 2. The lowest BCUT2D eigenvalue weighted by Crippen LogP contribution is -2.46. The predicted molar refractivity (Wildman–Crippen MR) is 92.2 cm³/mol. The van der Waals surface area contributed by atoms with E-state index in [9.17, 15) is 14.4 Å². The Kier molecular flexibility index (Phi) is 4.85. The first-order chi connectivity index (χ1) is 12.4. The summed E-state index contributed by atoms with van der Waals surface area (Å²) in [6.45, 7) is 6.67. The summed E-state index contributed by atoms with van der Waals surface area (Å²) in [6, 6.07) is 1.60. The van der Waals surface area contributed by atoms with E-state index in [-0.39, 0.29) is 17.3 Å². The molecule has 2 N–H and O–H groups in total. The number of carbonyl (C=O) groups excluding carboxylic acids is 2. The molecule has 0 bridgehead atoms. The topological polar surface area (TPSA) is 122 Å². The summed E-state index contributed by atoms with van der Waals surface area (Å²) < 4.78 is 6.48. The van der Waals surface area contributed by atoms with Crippen molar-refractivity contribution in [1.82, 2.24) is 24.6 Å². The number of hydrogen-bond acceptors (Lipinski definition) is 6. The Morgan fingerprint density at radius 2 is 1.92 bits per heavy atom. The highest BCUT2D eigenvalue weighted by Gasteiger charge is 2.25. The maximum Gasteiger partial charge on any atom is 0.315 e. The Bertz CT molecular complexity index is 910. The highest BCUT2D eigenvalue weighted by molar-refractivity contribution is 6.39. The fourth-order valence-corrected chi connectivity index (χ4v) is 2.56. The Balaban J connectivity index is 1.86. The highest BCUT2D eigenvalue weighted by Crippen LogP contribution is 2.15. The number of aryl methyl sites for hydroxylation is 2. The van der Waals surface area contributed by atoms with Crippen LogP contribution in [0.2, 0.25) is 0 Å². The molecule has 1 aliphatic rings. The number of ether oxygens (including phenoxy) is 1. The van der Waals surface area contributed by atoms with Gasteiger partial charge in [-0.05, 0) is 20.8 Å². The quantitative estimate of drug-likeness (QED) is 0.708. The number of nitrogens with one attached hydrogen (secondary N) is 2. The zero-order chi connectivity index (χ0) is 18.8. The molecular formula is C16H20N6O4. The van der Waals surface area contributed by atoms with Gasteiger partial charge in [-0.1, -0.05) is 0 Å². The lowest BCUT2D eigenvalue weighted by Gasteiger charge is -2.26. The zero-order valence-electron chi connectivity index (χ0n) is 14.8. The Morgan fingerprint density at radius 1 is 1.23 bits per heavy atom. The van der Waals surface area contributed by atoms with E-state index in [0.717, 1.165) is 0 Å². The molecule has 0 atom stereocenters. The van der Waals surface area contributed by atoms with Gasteiger partial charge in [0.05, 0.1) is 18.9 Å². The molecule has 1 fully saturated rings. The van der Waals surface area contributed by atoms with E-state index in [0.29, 0.717) is 43.3 Å². The van der Waals surface area contributed by atoms with Gasteiger partial charge in [-0.3, -0.25) is 19.4 Å². The van der Waals surface area contributed by atoms with Crippen LogP contribution in [0.5, 0.6) is 0 Å². The van der Waals surface area contributed by atoms with Crippen LogP contribution in [0.3, 0.4) is 0 Å². The van der Waals surface area contributed by atoms with Crippen molar-refractivity contribution in [2.45, 2.75) is 20.8 Å². The van der Waals surface area contributed by atoms with Gasteiger partial charge in [0.25, 0.3) is 5.56 Å². The third-order valence-electron chi connectivity index (χ3n) is 4.15. The molecule has 0 radical (unpaired) electrons. The monoisotopic (exact) mass is 360 g/mol. The number of nitrogens with zero attached hydrogens (tertiary/aromatic N) is 4. The Labute approximate surface area is 149 Å². The molecule has 2 aromatic heterocycles. The average Bonchev–Trinajstić information content (AvgIpc) is 2.99. The van der Waals surface area contributed by atoms with E-state index in [1.54, 1.807) is 26.8 Å². The molecule has 2 aromatic rings. The molecule has 0 aromatic carbocycles.